The Morgan fingerprint density at radius 2 is 1.79 bits per heavy atom. The number of H-pyrrole nitrogens is 1. The highest BCUT2D eigenvalue weighted by Gasteiger charge is 2.31. The maximum Gasteiger partial charge on any atom is 0.410 e. The van der Waals surface area contributed by atoms with Crippen LogP contribution in [0.2, 0.25) is 0 Å². The third-order valence-electron chi connectivity index (χ3n) is 6.29. The number of hydrogen-bond donors (Lipinski definition) is 1. The van der Waals surface area contributed by atoms with Crippen molar-refractivity contribution in [2.45, 2.75) is 19.1 Å². The lowest BCUT2D eigenvalue weighted by Gasteiger charge is -2.27. The van der Waals surface area contributed by atoms with E-state index in [4.69, 9.17) is 9.72 Å². The zero-order valence-corrected chi connectivity index (χ0v) is 18.8. The summed E-state index contributed by atoms with van der Waals surface area (Å²) in [5.74, 6) is 0.796. The number of fused-ring (bicyclic) bond motifs is 1. The smallest absolute Gasteiger partial charge is 0.410 e. The highest BCUT2D eigenvalue weighted by molar-refractivity contribution is 5.86. The molecule has 1 saturated heterocycles. The zero-order valence-electron chi connectivity index (χ0n) is 18.8. The number of carbonyl (C=O) groups is 1. The van der Waals surface area contributed by atoms with Gasteiger partial charge in [-0.1, -0.05) is 66.7 Å². The summed E-state index contributed by atoms with van der Waals surface area (Å²) in [5, 5.41) is 2.40. The van der Waals surface area contributed by atoms with Crippen LogP contribution in [0.25, 0.3) is 22.0 Å². The fraction of sp³-hybridized carbons (Fsp3) is 0.259. The molecule has 1 aromatic heterocycles. The molecule has 0 spiro atoms. The summed E-state index contributed by atoms with van der Waals surface area (Å²) in [6, 6.07) is 24.3. The highest BCUT2D eigenvalue weighted by atomic mass is 16.6. The summed E-state index contributed by atoms with van der Waals surface area (Å²) in [6.07, 6.45) is 2.35. The van der Waals surface area contributed by atoms with Gasteiger partial charge in [0, 0.05) is 25.2 Å². The largest absolute Gasteiger partial charge is 0.445 e. The van der Waals surface area contributed by atoms with Crippen molar-refractivity contribution in [1.29, 1.82) is 0 Å². The van der Waals surface area contributed by atoms with E-state index in [-0.39, 0.29) is 18.7 Å². The molecule has 4 aromatic rings. The Hall–Kier alpha value is -3.64. The minimum atomic E-state index is -0.303. The summed E-state index contributed by atoms with van der Waals surface area (Å²) in [5.41, 5.74) is 3.01. The van der Waals surface area contributed by atoms with Crippen LogP contribution in [0, 0.1) is 0 Å². The van der Waals surface area contributed by atoms with Crippen molar-refractivity contribution in [1.82, 2.24) is 19.8 Å². The van der Waals surface area contributed by atoms with Gasteiger partial charge < -0.3 is 14.6 Å². The lowest BCUT2D eigenvalue weighted by atomic mass is 10.1. The second-order valence-corrected chi connectivity index (χ2v) is 8.59. The second kappa shape index (κ2) is 9.46. The SMILES string of the molecule is CN1CCC(c2ncc(-c3ccc4ccccc4c3)[nH]2)N(C(=O)OCc2ccccc2)CC1. The number of amides is 1. The molecule has 6 nitrogen and oxygen atoms in total. The number of rotatable bonds is 4. The molecule has 3 aromatic carbocycles. The number of carbonyl (C=O) groups excluding carboxylic acids is 1. The van der Waals surface area contributed by atoms with Gasteiger partial charge in [0.05, 0.1) is 17.9 Å². The molecule has 1 N–H and O–H groups in total. The third kappa shape index (κ3) is 4.76. The minimum Gasteiger partial charge on any atom is -0.445 e. The van der Waals surface area contributed by atoms with Gasteiger partial charge in [0.15, 0.2) is 0 Å². The lowest BCUT2D eigenvalue weighted by Crippen LogP contribution is -2.37. The van der Waals surface area contributed by atoms with E-state index in [2.05, 4.69) is 47.3 Å². The fourth-order valence-electron chi connectivity index (χ4n) is 4.36. The Morgan fingerprint density at radius 3 is 2.64 bits per heavy atom. The number of hydrogen-bond acceptors (Lipinski definition) is 4. The molecule has 33 heavy (non-hydrogen) atoms. The van der Waals surface area contributed by atoms with E-state index in [1.165, 1.54) is 10.8 Å². The molecule has 0 aliphatic carbocycles. The summed E-state index contributed by atoms with van der Waals surface area (Å²) in [4.78, 5) is 25.3. The van der Waals surface area contributed by atoms with Crippen molar-refractivity contribution in [2.75, 3.05) is 26.7 Å². The average Bonchev–Trinajstić information content (AvgIpc) is 3.26. The Balaban J connectivity index is 1.38. The standard InChI is InChI=1S/C27H28N4O2/c1-30-14-13-25(31(16-15-30)27(32)33-19-20-7-3-2-4-8-20)26-28-18-24(29-26)23-12-11-21-9-5-6-10-22(21)17-23/h2-12,17-18,25H,13-16,19H2,1H3,(H,28,29). The number of imidazole rings is 1. The van der Waals surface area contributed by atoms with Gasteiger partial charge >= 0.3 is 6.09 Å². The van der Waals surface area contributed by atoms with E-state index < -0.39 is 0 Å². The van der Waals surface area contributed by atoms with Crippen molar-refractivity contribution in [3.63, 3.8) is 0 Å². The Kier molecular flexibility index (Phi) is 6.09. The van der Waals surface area contributed by atoms with Crippen LogP contribution in [0.1, 0.15) is 23.9 Å². The molecular formula is C27H28N4O2. The number of nitrogens with zero attached hydrogens (tertiary/aromatic N) is 3. The van der Waals surface area contributed by atoms with Gasteiger partial charge in [-0.15, -0.1) is 0 Å². The van der Waals surface area contributed by atoms with Crippen LogP contribution < -0.4 is 0 Å². The first kappa shape index (κ1) is 21.2. The van der Waals surface area contributed by atoms with E-state index in [1.54, 1.807) is 0 Å². The fourth-order valence-corrected chi connectivity index (χ4v) is 4.36. The third-order valence-corrected chi connectivity index (χ3v) is 6.29. The quantitative estimate of drug-likeness (QED) is 0.471. The Labute approximate surface area is 193 Å². The molecule has 0 radical (unpaired) electrons. The van der Waals surface area contributed by atoms with Crippen molar-refractivity contribution in [3.05, 3.63) is 90.4 Å². The maximum atomic E-state index is 13.1. The molecule has 5 rings (SSSR count). The van der Waals surface area contributed by atoms with Crippen LogP contribution in [0.3, 0.4) is 0 Å². The first-order chi connectivity index (χ1) is 16.2. The molecule has 6 heteroatoms. The number of likely N-dealkylation sites (N-methyl/N-ethyl adjacent to an activating group) is 1. The lowest BCUT2D eigenvalue weighted by molar-refractivity contribution is 0.0806. The highest BCUT2D eigenvalue weighted by Crippen LogP contribution is 2.29. The molecule has 1 atom stereocenters. The predicted octanol–water partition coefficient (Wildman–Crippen LogP) is 5.25. The van der Waals surface area contributed by atoms with Crippen LogP contribution in [-0.2, 0) is 11.3 Å². The van der Waals surface area contributed by atoms with E-state index in [9.17, 15) is 4.79 Å². The van der Waals surface area contributed by atoms with E-state index in [0.717, 1.165) is 42.2 Å². The maximum absolute atomic E-state index is 13.1. The second-order valence-electron chi connectivity index (χ2n) is 8.59. The van der Waals surface area contributed by atoms with Crippen molar-refractivity contribution >= 4 is 16.9 Å². The van der Waals surface area contributed by atoms with Crippen molar-refractivity contribution in [2.24, 2.45) is 0 Å². The van der Waals surface area contributed by atoms with Crippen LogP contribution in [0.15, 0.2) is 79.0 Å². The predicted molar refractivity (Wildman–Crippen MR) is 130 cm³/mol. The Morgan fingerprint density at radius 1 is 1.00 bits per heavy atom. The molecule has 1 aliphatic rings. The Bertz CT molecular complexity index is 1240. The average molecular weight is 441 g/mol. The molecule has 1 unspecified atom stereocenters. The number of nitrogens with one attached hydrogen (secondary N) is 1. The molecule has 1 amide bonds. The van der Waals surface area contributed by atoms with Gasteiger partial charge in [-0.2, -0.15) is 0 Å². The number of benzene rings is 3. The first-order valence-corrected chi connectivity index (χ1v) is 11.4. The van der Waals surface area contributed by atoms with Gasteiger partial charge in [0.2, 0.25) is 0 Å². The van der Waals surface area contributed by atoms with E-state index in [1.807, 2.05) is 53.6 Å². The molecule has 0 saturated carbocycles. The summed E-state index contributed by atoms with van der Waals surface area (Å²) >= 11 is 0. The van der Waals surface area contributed by atoms with Crippen molar-refractivity contribution in [3.8, 4) is 11.3 Å². The molecular weight excluding hydrogens is 412 g/mol. The number of ether oxygens (including phenoxy) is 1. The van der Waals surface area contributed by atoms with Crippen molar-refractivity contribution < 1.29 is 9.53 Å². The summed E-state index contributed by atoms with van der Waals surface area (Å²) < 4.78 is 5.68. The summed E-state index contributed by atoms with van der Waals surface area (Å²) in [7, 11) is 2.08. The molecule has 1 aliphatic heterocycles. The minimum absolute atomic E-state index is 0.160. The van der Waals surface area contributed by atoms with Crippen LogP contribution in [0.5, 0.6) is 0 Å². The van der Waals surface area contributed by atoms with Crippen LogP contribution in [-0.4, -0.2) is 52.5 Å². The van der Waals surface area contributed by atoms with Gasteiger partial charge in [0.1, 0.15) is 12.4 Å². The van der Waals surface area contributed by atoms with Gasteiger partial charge in [-0.05, 0) is 35.9 Å². The van der Waals surface area contributed by atoms with Crippen LogP contribution >= 0.6 is 0 Å². The molecule has 2 heterocycles. The molecule has 1 fully saturated rings. The van der Waals surface area contributed by atoms with Gasteiger partial charge in [-0.25, -0.2) is 9.78 Å². The number of aromatic amines is 1. The number of aromatic nitrogens is 2. The van der Waals surface area contributed by atoms with Gasteiger partial charge in [-0.3, -0.25) is 4.90 Å². The van der Waals surface area contributed by atoms with E-state index >= 15 is 0 Å². The zero-order chi connectivity index (χ0) is 22.6. The first-order valence-electron chi connectivity index (χ1n) is 11.4. The molecule has 0 bridgehead atoms. The normalized spacial score (nSPS) is 17.1. The topological polar surface area (TPSA) is 61.5 Å². The van der Waals surface area contributed by atoms with Crippen LogP contribution in [0.4, 0.5) is 4.79 Å². The molecule has 168 valence electrons. The monoisotopic (exact) mass is 440 g/mol. The van der Waals surface area contributed by atoms with E-state index in [0.29, 0.717) is 6.54 Å². The summed E-state index contributed by atoms with van der Waals surface area (Å²) in [6.45, 7) is 2.55. The van der Waals surface area contributed by atoms with Gasteiger partial charge in [0.25, 0.3) is 0 Å².